The van der Waals surface area contributed by atoms with Crippen LogP contribution < -0.4 is 5.32 Å². The number of hydrogen-bond donors (Lipinski definition) is 1. The molecule has 0 unspecified atom stereocenters. The van der Waals surface area contributed by atoms with E-state index in [1.807, 2.05) is 51.1 Å². The van der Waals surface area contributed by atoms with E-state index >= 15 is 0 Å². The Labute approximate surface area is 147 Å². The number of benzene rings is 2. The van der Waals surface area contributed by atoms with E-state index in [9.17, 15) is 9.18 Å². The summed E-state index contributed by atoms with van der Waals surface area (Å²) < 4.78 is 19.4. The highest BCUT2D eigenvalue weighted by atomic mass is 19.1. The van der Waals surface area contributed by atoms with Gasteiger partial charge in [0.25, 0.3) is 11.9 Å². The molecule has 0 aliphatic heterocycles. The van der Waals surface area contributed by atoms with E-state index in [1.165, 1.54) is 18.2 Å². The molecule has 0 radical (unpaired) electrons. The summed E-state index contributed by atoms with van der Waals surface area (Å²) in [5, 5.41) is 2.58. The van der Waals surface area contributed by atoms with Gasteiger partial charge < -0.3 is 4.74 Å². The molecular formula is C20H23FN2O2. The molecule has 0 aliphatic rings. The number of carbonyl (C=O) groups is 1. The maximum atomic E-state index is 13.8. The predicted molar refractivity (Wildman–Crippen MR) is 96.9 cm³/mol. The molecule has 132 valence electrons. The summed E-state index contributed by atoms with van der Waals surface area (Å²) in [4.78, 5) is 16.8. The van der Waals surface area contributed by atoms with Gasteiger partial charge in [-0.05, 0) is 30.5 Å². The number of carbonyl (C=O) groups excluding carboxylic acids is 1. The summed E-state index contributed by atoms with van der Waals surface area (Å²) in [6.45, 7) is 6.30. The third kappa shape index (κ3) is 5.71. The number of halogens is 1. The zero-order valence-electron chi connectivity index (χ0n) is 14.7. The van der Waals surface area contributed by atoms with Gasteiger partial charge in [-0.25, -0.2) is 9.38 Å². The lowest BCUT2D eigenvalue weighted by Crippen LogP contribution is -2.34. The summed E-state index contributed by atoms with van der Waals surface area (Å²) in [7, 11) is 0. The van der Waals surface area contributed by atoms with Crippen LogP contribution in [0.1, 0.15) is 42.7 Å². The fourth-order valence-corrected chi connectivity index (χ4v) is 2.14. The van der Waals surface area contributed by atoms with Crippen LogP contribution in [0.5, 0.6) is 0 Å². The molecule has 0 saturated heterocycles. The van der Waals surface area contributed by atoms with Gasteiger partial charge in [-0.2, -0.15) is 0 Å². The Balaban J connectivity index is 2.19. The first-order chi connectivity index (χ1) is 12.0. The lowest BCUT2D eigenvalue weighted by Gasteiger charge is -2.15. The second-order valence-electron chi connectivity index (χ2n) is 6.16. The third-order valence-corrected chi connectivity index (χ3v) is 3.49. The molecule has 0 fully saturated rings. The minimum absolute atomic E-state index is 0.0456. The Morgan fingerprint density at radius 3 is 2.36 bits per heavy atom. The van der Waals surface area contributed by atoms with E-state index in [0.29, 0.717) is 6.61 Å². The SMILES string of the molecule is CC(C)COC(=N[C@@H](C)c1ccccc1)NC(=O)c1ccccc1F. The standard InChI is InChI=1S/C20H23FN2O2/c1-14(2)13-25-20(22-15(3)16-9-5-4-6-10-16)23-19(24)17-11-7-8-12-18(17)21/h4-12,14-15H,13H2,1-3H3,(H,22,23,24)/t15-/m0/s1. The van der Waals surface area contributed by atoms with Gasteiger partial charge in [0.1, 0.15) is 5.82 Å². The van der Waals surface area contributed by atoms with Gasteiger partial charge in [0.15, 0.2) is 0 Å². The van der Waals surface area contributed by atoms with Crippen LogP contribution in [0.3, 0.4) is 0 Å². The van der Waals surface area contributed by atoms with Gasteiger partial charge in [0, 0.05) is 0 Å². The summed E-state index contributed by atoms with van der Waals surface area (Å²) in [6, 6.07) is 15.4. The van der Waals surface area contributed by atoms with Crippen molar-refractivity contribution >= 4 is 11.9 Å². The van der Waals surface area contributed by atoms with E-state index in [1.54, 1.807) is 6.07 Å². The first-order valence-corrected chi connectivity index (χ1v) is 8.28. The average Bonchev–Trinajstić information content (AvgIpc) is 2.60. The van der Waals surface area contributed by atoms with E-state index in [2.05, 4.69) is 10.3 Å². The van der Waals surface area contributed by atoms with Gasteiger partial charge in [-0.3, -0.25) is 10.1 Å². The Kier molecular flexibility index (Phi) is 6.69. The first-order valence-electron chi connectivity index (χ1n) is 8.28. The monoisotopic (exact) mass is 342 g/mol. The summed E-state index contributed by atoms with van der Waals surface area (Å²) in [5.41, 5.74) is 0.948. The van der Waals surface area contributed by atoms with Crippen molar-refractivity contribution in [2.24, 2.45) is 10.9 Å². The number of nitrogens with zero attached hydrogens (tertiary/aromatic N) is 1. The molecule has 0 aliphatic carbocycles. The molecule has 1 N–H and O–H groups in total. The molecule has 0 saturated carbocycles. The van der Waals surface area contributed by atoms with Crippen LogP contribution in [0, 0.1) is 11.7 Å². The van der Waals surface area contributed by atoms with E-state index < -0.39 is 11.7 Å². The highest BCUT2D eigenvalue weighted by molar-refractivity contribution is 6.04. The smallest absolute Gasteiger partial charge is 0.292 e. The van der Waals surface area contributed by atoms with Crippen molar-refractivity contribution < 1.29 is 13.9 Å². The lowest BCUT2D eigenvalue weighted by atomic mass is 10.1. The maximum Gasteiger partial charge on any atom is 0.292 e. The number of aliphatic imine (C=N–C) groups is 1. The number of rotatable bonds is 5. The van der Waals surface area contributed by atoms with Gasteiger partial charge >= 0.3 is 0 Å². The van der Waals surface area contributed by atoms with Crippen LogP contribution in [0.15, 0.2) is 59.6 Å². The van der Waals surface area contributed by atoms with Crippen molar-refractivity contribution in [3.8, 4) is 0 Å². The molecule has 0 heterocycles. The zero-order valence-corrected chi connectivity index (χ0v) is 14.7. The normalized spacial score (nSPS) is 12.8. The second kappa shape index (κ2) is 8.97. The topological polar surface area (TPSA) is 50.7 Å². The number of hydrogen-bond acceptors (Lipinski definition) is 3. The number of amides is 1. The summed E-state index contributed by atoms with van der Waals surface area (Å²) >= 11 is 0. The number of ether oxygens (including phenoxy) is 1. The molecule has 1 atom stereocenters. The highest BCUT2D eigenvalue weighted by Gasteiger charge is 2.15. The van der Waals surface area contributed by atoms with Crippen molar-refractivity contribution in [1.82, 2.24) is 5.32 Å². The molecule has 0 aromatic heterocycles. The molecule has 25 heavy (non-hydrogen) atoms. The molecule has 2 aromatic carbocycles. The lowest BCUT2D eigenvalue weighted by molar-refractivity contribution is 0.0959. The summed E-state index contributed by atoms with van der Waals surface area (Å²) in [6.07, 6.45) is 0. The van der Waals surface area contributed by atoms with Crippen LogP contribution in [0.25, 0.3) is 0 Å². The number of amidine groups is 1. The zero-order chi connectivity index (χ0) is 18.2. The quantitative estimate of drug-likeness (QED) is 0.649. The predicted octanol–water partition coefficient (Wildman–Crippen LogP) is 4.35. The van der Waals surface area contributed by atoms with Crippen molar-refractivity contribution in [3.63, 3.8) is 0 Å². The Bertz CT molecular complexity index is 729. The molecule has 0 bridgehead atoms. The fourth-order valence-electron chi connectivity index (χ4n) is 2.14. The Morgan fingerprint density at radius 2 is 1.72 bits per heavy atom. The van der Waals surface area contributed by atoms with Crippen molar-refractivity contribution in [1.29, 1.82) is 0 Å². The third-order valence-electron chi connectivity index (χ3n) is 3.49. The second-order valence-corrected chi connectivity index (χ2v) is 6.16. The van der Waals surface area contributed by atoms with Crippen LogP contribution in [0.2, 0.25) is 0 Å². The van der Waals surface area contributed by atoms with E-state index in [-0.39, 0.29) is 23.5 Å². The van der Waals surface area contributed by atoms with Gasteiger partial charge in [-0.1, -0.05) is 56.3 Å². The van der Waals surface area contributed by atoms with Crippen LogP contribution in [0.4, 0.5) is 4.39 Å². The van der Waals surface area contributed by atoms with Gasteiger partial charge in [0.05, 0.1) is 18.2 Å². The first kappa shape index (κ1) is 18.6. The molecule has 0 spiro atoms. The molecule has 1 amide bonds. The minimum atomic E-state index is -0.584. The molecule has 5 heteroatoms. The summed E-state index contributed by atoms with van der Waals surface area (Å²) in [5.74, 6) is -0.900. The van der Waals surface area contributed by atoms with Crippen LogP contribution in [-0.4, -0.2) is 18.5 Å². The molecule has 2 aromatic rings. The Morgan fingerprint density at radius 1 is 1.08 bits per heavy atom. The van der Waals surface area contributed by atoms with Crippen molar-refractivity contribution in [2.45, 2.75) is 26.8 Å². The Hall–Kier alpha value is -2.69. The van der Waals surface area contributed by atoms with Crippen molar-refractivity contribution in [3.05, 3.63) is 71.5 Å². The molecule has 2 rings (SSSR count). The van der Waals surface area contributed by atoms with Crippen LogP contribution in [-0.2, 0) is 4.74 Å². The maximum absolute atomic E-state index is 13.8. The molecule has 4 nitrogen and oxygen atoms in total. The van der Waals surface area contributed by atoms with Gasteiger partial charge in [0.2, 0.25) is 0 Å². The van der Waals surface area contributed by atoms with Gasteiger partial charge in [-0.15, -0.1) is 0 Å². The van der Waals surface area contributed by atoms with Crippen LogP contribution >= 0.6 is 0 Å². The average molecular weight is 342 g/mol. The van der Waals surface area contributed by atoms with E-state index in [0.717, 1.165) is 5.56 Å². The number of nitrogens with one attached hydrogen (secondary N) is 1. The highest BCUT2D eigenvalue weighted by Crippen LogP contribution is 2.16. The van der Waals surface area contributed by atoms with Crippen molar-refractivity contribution in [2.75, 3.05) is 6.61 Å². The fraction of sp³-hybridized carbons (Fsp3) is 0.300. The van der Waals surface area contributed by atoms with E-state index in [4.69, 9.17) is 4.74 Å². The molecular weight excluding hydrogens is 319 g/mol. The minimum Gasteiger partial charge on any atom is -0.465 e. The largest absolute Gasteiger partial charge is 0.465 e.